The third-order valence-electron chi connectivity index (χ3n) is 3.22. The number of carbonyl (C=O) groups is 2. The third-order valence-corrected chi connectivity index (χ3v) is 3.22. The molecule has 1 aliphatic heterocycles. The Balaban J connectivity index is 2.35. The van der Waals surface area contributed by atoms with E-state index in [9.17, 15) is 19.8 Å². The van der Waals surface area contributed by atoms with Crippen molar-refractivity contribution in [1.29, 1.82) is 0 Å². The zero-order valence-electron chi connectivity index (χ0n) is 12.3. The van der Waals surface area contributed by atoms with E-state index in [4.69, 9.17) is 4.74 Å². The Morgan fingerprint density at radius 1 is 1.33 bits per heavy atom. The Labute approximate surface area is 122 Å². The molecule has 6 heteroatoms. The van der Waals surface area contributed by atoms with E-state index in [1.165, 1.54) is 17.0 Å². The fourth-order valence-electron chi connectivity index (χ4n) is 2.40. The molecule has 0 fully saturated rings. The monoisotopic (exact) mass is 293 g/mol. The van der Waals surface area contributed by atoms with Gasteiger partial charge in [-0.1, -0.05) is 6.07 Å². The second kappa shape index (κ2) is 5.27. The summed E-state index contributed by atoms with van der Waals surface area (Å²) in [5.74, 6) is -1.03. The molecule has 1 atom stereocenters. The second-order valence-electron chi connectivity index (χ2n) is 6.05. The molecule has 0 bridgehead atoms. The Kier molecular flexibility index (Phi) is 3.80. The molecule has 6 nitrogen and oxygen atoms in total. The molecule has 0 radical (unpaired) electrons. The minimum atomic E-state index is -1.12. The number of hydrogen-bond donors (Lipinski definition) is 2. The van der Waals surface area contributed by atoms with Crippen LogP contribution >= 0.6 is 0 Å². The normalized spacial score (nSPS) is 18.0. The maximum absolute atomic E-state index is 12.2. The molecular weight excluding hydrogens is 274 g/mol. The highest BCUT2D eigenvalue weighted by atomic mass is 16.6. The molecule has 1 heterocycles. The summed E-state index contributed by atoms with van der Waals surface area (Å²) in [6, 6.07) is 3.41. The summed E-state index contributed by atoms with van der Waals surface area (Å²) in [7, 11) is 0. The van der Waals surface area contributed by atoms with Crippen molar-refractivity contribution in [3.05, 3.63) is 29.3 Å². The van der Waals surface area contributed by atoms with Crippen LogP contribution < -0.4 is 0 Å². The smallest absolute Gasteiger partial charge is 0.411 e. The Bertz CT molecular complexity index is 576. The van der Waals surface area contributed by atoms with Crippen LogP contribution in [-0.2, 0) is 16.0 Å². The number of ether oxygens (including phenoxy) is 1. The van der Waals surface area contributed by atoms with Gasteiger partial charge >= 0.3 is 12.1 Å². The van der Waals surface area contributed by atoms with E-state index in [1.807, 2.05) is 0 Å². The molecule has 0 aromatic heterocycles. The molecule has 1 aromatic carbocycles. The second-order valence-corrected chi connectivity index (χ2v) is 6.05. The number of carbonyl (C=O) groups excluding carboxylic acids is 1. The molecule has 1 aromatic rings. The van der Waals surface area contributed by atoms with Crippen LogP contribution in [-0.4, -0.2) is 39.3 Å². The predicted molar refractivity (Wildman–Crippen MR) is 75.1 cm³/mol. The van der Waals surface area contributed by atoms with Gasteiger partial charge in [-0.05, 0) is 50.5 Å². The highest BCUT2D eigenvalue weighted by Crippen LogP contribution is 2.33. The Morgan fingerprint density at radius 3 is 2.57 bits per heavy atom. The number of benzene rings is 1. The molecule has 0 saturated carbocycles. The van der Waals surface area contributed by atoms with E-state index >= 15 is 0 Å². The van der Waals surface area contributed by atoms with Crippen molar-refractivity contribution in [1.82, 2.24) is 4.90 Å². The number of phenols is 1. The van der Waals surface area contributed by atoms with Gasteiger partial charge < -0.3 is 14.9 Å². The number of carboxylic acid groups (broad SMARTS) is 1. The summed E-state index contributed by atoms with van der Waals surface area (Å²) in [6.45, 7) is 5.44. The maximum atomic E-state index is 12.2. The molecule has 1 amide bonds. The zero-order chi connectivity index (χ0) is 15.8. The number of carboxylic acids is 1. The van der Waals surface area contributed by atoms with Crippen molar-refractivity contribution in [2.45, 2.75) is 38.8 Å². The minimum Gasteiger partial charge on any atom is -0.508 e. The lowest BCUT2D eigenvalue weighted by Crippen LogP contribution is -2.45. The van der Waals surface area contributed by atoms with Gasteiger partial charge in [0.1, 0.15) is 11.4 Å². The van der Waals surface area contributed by atoms with Crippen LogP contribution in [0.25, 0.3) is 0 Å². The number of nitrogens with zero attached hydrogens (tertiary/aromatic N) is 1. The van der Waals surface area contributed by atoms with Crippen LogP contribution in [0.15, 0.2) is 18.2 Å². The van der Waals surface area contributed by atoms with Gasteiger partial charge in [0.15, 0.2) is 6.04 Å². The van der Waals surface area contributed by atoms with E-state index < -0.39 is 23.7 Å². The topological polar surface area (TPSA) is 87.1 Å². The zero-order valence-corrected chi connectivity index (χ0v) is 12.3. The molecule has 0 saturated heterocycles. The summed E-state index contributed by atoms with van der Waals surface area (Å²) in [6.07, 6.45) is -0.166. The van der Waals surface area contributed by atoms with E-state index in [1.54, 1.807) is 26.8 Å². The first kappa shape index (κ1) is 15.2. The van der Waals surface area contributed by atoms with Gasteiger partial charge in [-0.3, -0.25) is 4.90 Å². The Morgan fingerprint density at radius 2 is 2.00 bits per heavy atom. The maximum Gasteiger partial charge on any atom is 0.411 e. The number of amides is 1. The predicted octanol–water partition coefficient (Wildman–Crippen LogP) is 2.31. The summed E-state index contributed by atoms with van der Waals surface area (Å²) < 4.78 is 5.27. The number of rotatable bonds is 1. The molecule has 2 N–H and O–H groups in total. The van der Waals surface area contributed by atoms with Crippen molar-refractivity contribution in [2.24, 2.45) is 0 Å². The van der Waals surface area contributed by atoms with Crippen LogP contribution in [0.2, 0.25) is 0 Å². The quantitative estimate of drug-likeness (QED) is 0.829. The lowest BCUT2D eigenvalue weighted by molar-refractivity contribution is -0.143. The van der Waals surface area contributed by atoms with Crippen LogP contribution in [0.5, 0.6) is 5.75 Å². The van der Waals surface area contributed by atoms with Crippen molar-refractivity contribution in [3.8, 4) is 5.75 Å². The van der Waals surface area contributed by atoms with Crippen molar-refractivity contribution in [3.63, 3.8) is 0 Å². The van der Waals surface area contributed by atoms with E-state index in [0.717, 1.165) is 5.56 Å². The molecular formula is C15H19NO5. The van der Waals surface area contributed by atoms with Gasteiger partial charge in [0.05, 0.1) is 0 Å². The summed E-state index contributed by atoms with van der Waals surface area (Å²) in [5, 5.41) is 18.9. The van der Waals surface area contributed by atoms with Crippen LogP contribution in [0.3, 0.4) is 0 Å². The fraction of sp³-hybridized carbons (Fsp3) is 0.467. The molecule has 0 spiro atoms. The number of aromatic hydroxyl groups is 1. The molecule has 0 unspecified atom stereocenters. The summed E-state index contributed by atoms with van der Waals surface area (Å²) >= 11 is 0. The van der Waals surface area contributed by atoms with Gasteiger partial charge in [0.25, 0.3) is 0 Å². The molecule has 1 aliphatic rings. The Hall–Kier alpha value is -2.24. The molecule has 0 aliphatic carbocycles. The molecule has 114 valence electrons. The van der Waals surface area contributed by atoms with E-state index in [-0.39, 0.29) is 12.3 Å². The standard InChI is InChI=1S/C15H19NO5/c1-15(2,3)21-14(20)16-7-6-9-8-10(17)4-5-11(9)12(16)13(18)19/h4-5,8,12,17H,6-7H2,1-3H3,(H,18,19)/t12-/m1/s1. The van der Waals surface area contributed by atoms with Crippen molar-refractivity contribution < 1.29 is 24.5 Å². The summed E-state index contributed by atoms with van der Waals surface area (Å²) in [5.41, 5.74) is 0.564. The molecule has 2 rings (SSSR count). The summed E-state index contributed by atoms with van der Waals surface area (Å²) in [4.78, 5) is 25.0. The third kappa shape index (κ3) is 3.26. The minimum absolute atomic E-state index is 0.0867. The van der Waals surface area contributed by atoms with Gasteiger partial charge in [0, 0.05) is 6.54 Å². The fourth-order valence-corrected chi connectivity index (χ4v) is 2.40. The van der Waals surface area contributed by atoms with Crippen LogP contribution in [0, 0.1) is 0 Å². The molecule has 21 heavy (non-hydrogen) atoms. The van der Waals surface area contributed by atoms with Gasteiger partial charge in [-0.25, -0.2) is 9.59 Å². The first-order chi connectivity index (χ1) is 9.69. The van der Waals surface area contributed by atoms with Crippen molar-refractivity contribution >= 4 is 12.1 Å². The number of hydrogen-bond acceptors (Lipinski definition) is 4. The highest BCUT2D eigenvalue weighted by molar-refractivity contribution is 5.82. The number of fused-ring (bicyclic) bond motifs is 1. The number of phenolic OH excluding ortho intramolecular Hbond substituents is 1. The van der Waals surface area contributed by atoms with Crippen LogP contribution in [0.4, 0.5) is 4.79 Å². The van der Waals surface area contributed by atoms with Gasteiger partial charge in [0.2, 0.25) is 0 Å². The van der Waals surface area contributed by atoms with Crippen molar-refractivity contribution in [2.75, 3.05) is 6.54 Å². The SMILES string of the molecule is CC(C)(C)OC(=O)N1CCc2cc(O)ccc2[C@@H]1C(=O)O. The largest absolute Gasteiger partial charge is 0.508 e. The first-order valence-corrected chi connectivity index (χ1v) is 6.73. The average molecular weight is 293 g/mol. The first-order valence-electron chi connectivity index (χ1n) is 6.73. The lowest BCUT2D eigenvalue weighted by Gasteiger charge is -2.35. The number of aliphatic carboxylic acids is 1. The van der Waals surface area contributed by atoms with Gasteiger partial charge in [-0.15, -0.1) is 0 Å². The van der Waals surface area contributed by atoms with E-state index in [2.05, 4.69) is 0 Å². The van der Waals surface area contributed by atoms with Gasteiger partial charge in [-0.2, -0.15) is 0 Å². The average Bonchev–Trinajstić information content (AvgIpc) is 2.34. The lowest BCUT2D eigenvalue weighted by atomic mass is 9.92. The highest BCUT2D eigenvalue weighted by Gasteiger charge is 2.38. The van der Waals surface area contributed by atoms with E-state index in [0.29, 0.717) is 12.0 Å². The van der Waals surface area contributed by atoms with Crippen LogP contribution in [0.1, 0.15) is 37.9 Å².